The van der Waals surface area contributed by atoms with E-state index in [0.29, 0.717) is 16.1 Å². The number of aromatic hydroxyl groups is 1. The molecule has 0 heterocycles. The van der Waals surface area contributed by atoms with Gasteiger partial charge in [0, 0.05) is 22.2 Å². The average molecular weight is 394 g/mol. The molecule has 26 heavy (non-hydrogen) atoms. The van der Waals surface area contributed by atoms with E-state index in [1.54, 1.807) is 12.1 Å². The van der Waals surface area contributed by atoms with Crippen molar-refractivity contribution in [3.05, 3.63) is 69.2 Å². The van der Waals surface area contributed by atoms with Crippen molar-refractivity contribution >= 4 is 47.3 Å². The fourth-order valence-corrected chi connectivity index (χ4v) is 2.37. The lowest BCUT2D eigenvalue weighted by Gasteiger charge is -2.03. The van der Waals surface area contributed by atoms with Gasteiger partial charge in [-0.1, -0.05) is 35.3 Å². The number of hydroxylamine groups is 1. The van der Waals surface area contributed by atoms with Gasteiger partial charge in [-0.3, -0.25) is 14.8 Å². The summed E-state index contributed by atoms with van der Waals surface area (Å²) in [6.45, 7) is 0. The number of benzene rings is 2. The van der Waals surface area contributed by atoms with Crippen LogP contribution in [0, 0.1) is 0 Å². The highest BCUT2D eigenvalue weighted by Gasteiger charge is 2.07. The van der Waals surface area contributed by atoms with E-state index >= 15 is 0 Å². The molecule has 0 aliphatic rings. The molecular formula is C17H13Cl2N3O4. The van der Waals surface area contributed by atoms with E-state index in [-0.39, 0.29) is 16.3 Å². The summed E-state index contributed by atoms with van der Waals surface area (Å²) < 4.78 is 0. The number of hydrogen-bond acceptors (Lipinski definition) is 5. The van der Waals surface area contributed by atoms with Gasteiger partial charge < -0.3 is 5.11 Å². The summed E-state index contributed by atoms with van der Waals surface area (Å²) in [5.41, 5.74) is 5.03. The third kappa shape index (κ3) is 5.32. The molecule has 0 unspecified atom stereocenters. The van der Waals surface area contributed by atoms with Gasteiger partial charge in [-0.15, -0.1) is 0 Å². The molecular weight excluding hydrogens is 381 g/mol. The molecule has 0 radical (unpaired) electrons. The van der Waals surface area contributed by atoms with Crippen LogP contribution < -0.4 is 10.9 Å². The molecule has 2 amide bonds. The summed E-state index contributed by atoms with van der Waals surface area (Å²) in [6, 6.07) is 9.13. The van der Waals surface area contributed by atoms with Gasteiger partial charge in [-0.25, -0.2) is 10.9 Å². The van der Waals surface area contributed by atoms with E-state index < -0.39 is 11.8 Å². The third-order valence-corrected chi connectivity index (χ3v) is 3.64. The van der Waals surface area contributed by atoms with Crippen molar-refractivity contribution in [2.24, 2.45) is 5.10 Å². The van der Waals surface area contributed by atoms with Crippen molar-refractivity contribution in [3.63, 3.8) is 0 Å². The lowest BCUT2D eigenvalue weighted by molar-refractivity contribution is -0.124. The molecule has 0 aliphatic carbocycles. The zero-order valence-corrected chi connectivity index (χ0v) is 14.6. The van der Waals surface area contributed by atoms with Crippen LogP contribution in [-0.2, 0) is 4.79 Å². The molecule has 2 rings (SSSR count). The van der Waals surface area contributed by atoms with Gasteiger partial charge in [-0.2, -0.15) is 5.10 Å². The second-order valence-electron chi connectivity index (χ2n) is 4.96. The van der Waals surface area contributed by atoms with Crippen molar-refractivity contribution in [2.45, 2.75) is 0 Å². The van der Waals surface area contributed by atoms with Crippen molar-refractivity contribution < 1.29 is 19.9 Å². The van der Waals surface area contributed by atoms with Crippen LogP contribution in [0.25, 0.3) is 6.08 Å². The Hall–Kier alpha value is -2.87. The van der Waals surface area contributed by atoms with E-state index in [9.17, 15) is 14.7 Å². The smallest absolute Gasteiger partial charge is 0.271 e. The Labute approximate surface area is 158 Å². The van der Waals surface area contributed by atoms with Gasteiger partial charge in [0.1, 0.15) is 5.75 Å². The molecule has 2 aromatic rings. The predicted octanol–water partition coefficient (Wildman–Crippen LogP) is 2.98. The van der Waals surface area contributed by atoms with Gasteiger partial charge in [0.25, 0.3) is 11.8 Å². The Morgan fingerprint density at radius 3 is 2.46 bits per heavy atom. The molecule has 7 nitrogen and oxygen atoms in total. The van der Waals surface area contributed by atoms with Gasteiger partial charge in [-0.05, 0) is 35.9 Å². The van der Waals surface area contributed by atoms with Crippen LogP contribution in [0.1, 0.15) is 21.5 Å². The van der Waals surface area contributed by atoms with E-state index in [1.807, 2.05) is 0 Å². The molecule has 0 atom stereocenters. The number of carbonyl (C=O) groups is 2. The predicted molar refractivity (Wildman–Crippen MR) is 98.6 cm³/mol. The van der Waals surface area contributed by atoms with Crippen LogP contribution in [0.15, 0.2) is 47.6 Å². The number of amides is 2. The minimum Gasteiger partial charge on any atom is -0.506 e. The molecule has 134 valence electrons. The monoisotopic (exact) mass is 393 g/mol. The van der Waals surface area contributed by atoms with Crippen molar-refractivity contribution in [1.29, 1.82) is 0 Å². The topological polar surface area (TPSA) is 111 Å². The molecule has 2 aromatic carbocycles. The average Bonchev–Trinajstić information content (AvgIpc) is 2.63. The maximum atomic E-state index is 12.0. The minimum atomic E-state index is -0.662. The number of hydrazone groups is 1. The lowest BCUT2D eigenvalue weighted by atomic mass is 10.1. The van der Waals surface area contributed by atoms with Crippen LogP contribution in [0.5, 0.6) is 5.75 Å². The Morgan fingerprint density at radius 2 is 1.81 bits per heavy atom. The first-order valence-electron chi connectivity index (χ1n) is 7.14. The van der Waals surface area contributed by atoms with Gasteiger partial charge in [0.15, 0.2) is 0 Å². The Bertz CT molecular complexity index is 880. The lowest BCUT2D eigenvalue weighted by Crippen LogP contribution is -2.17. The van der Waals surface area contributed by atoms with E-state index in [4.69, 9.17) is 28.4 Å². The van der Waals surface area contributed by atoms with Crippen LogP contribution in [0.2, 0.25) is 10.0 Å². The quantitative estimate of drug-likeness (QED) is 0.270. The van der Waals surface area contributed by atoms with E-state index in [2.05, 4.69) is 10.5 Å². The standard InChI is InChI=1S/C17H13Cl2N3O4/c18-13-7-12(16(24)14(19)8-13)9-20-21-17(25)11-4-1-10(2-5-11)3-6-15(23)22-26/h1-9,24,26H,(H,21,25)(H,22,23)/b6-3+,20-9+. The number of halogens is 2. The number of rotatable bonds is 5. The Kier molecular flexibility index (Phi) is 6.74. The maximum absolute atomic E-state index is 12.0. The SMILES string of the molecule is O=C(/C=C/c1ccc(C(=O)N/N=C/c2cc(Cl)cc(Cl)c2O)cc1)NO. The second kappa shape index (κ2) is 9.00. The van der Waals surface area contributed by atoms with Crippen LogP contribution in [0.4, 0.5) is 0 Å². The fraction of sp³-hybridized carbons (Fsp3) is 0. The largest absolute Gasteiger partial charge is 0.506 e. The number of carbonyl (C=O) groups excluding carboxylic acids is 2. The molecule has 4 N–H and O–H groups in total. The Morgan fingerprint density at radius 1 is 1.12 bits per heavy atom. The normalized spacial score (nSPS) is 11.0. The summed E-state index contributed by atoms with van der Waals surface area (Å²) in [7, 11) is 0. The molecule has 9 heteroatoms. The van der Waals surface area contributed by atoms with Gasteiger partial charge >= 0.3 is 0 Å². The molecule has 0 fully saturated rings. The summed E-state index contributed by atoms with van der Waals surface area (Å²) in [4.78, 5) is 22.9. The summed E-state index contributed by atoms with van der Waals surface area (Å²) >= 11 is 11.6. The fourth-order valence-electron chi connectivity index (χ4n) is 1.86. The number of nitrogens with zero attached hydrogens (tertiary/aromatic N) is 1. The molecule has 0 saturated carbocycles. The Balaban J connectivity index is 2.02. The van der Waals surface area contributed by atoms with Crippen LogP contribution >= 0.6 is 23.2 Å². The van der Waals surface area contributed by atoms with Crippen LogP contribution in [0.3, 0.4) is 0 Å². The zero-order chi connectivity index (χ0) is 19.1. The maximum Gasteiger partial charge on any atom is 0.271 e. The summed E-state index contributed by atoms with van der Waals surface area (Å²) in [5, 5.41) is 22.3. The number of nitrogens with one attached hydrogen (secondary N) is 2. The summed E-state index contributed by atoms with van der Waals surface area (Å²) in [6.07, 6.45) is 3.83. The molecule has 0 saturated heterocycles. The second-order valence-corrected chi connectivity index (χ2v) is 5.80. The van der Waals surface area contributed by atoms with Gasteiger partial charge in [0.05, 0.1) is 11.2 Å². The molecule has 0 bridgehead atoms. The summed E-state index contributed by atoms with van der Waals surface area (Å²) in [5.74, 6) is -1.33. The highest BCUT2D eigenvalue weighted by atomic mass is 35.5. The first-order valence-corrected chi connectivity index (χ1v) is 7.90. The molecule has 0 aliphatic heterocycles. The number of phenols is 1. The highest BCUT2D eigenvalue weighted by Crippen LogP contribution is 2.29. The highest BCUT2D eigenvalue weighted by molar-refractivity contribution is 6.36. The third-order valence-electron chi connectivity index (χ3n) is 3.14. The number of hydrogen-bond donors (Lipinski definition) is 4. The first-order chi connectivity index (χ1) is 12.4. The molecule has 0 spiro atoms. The minimum absolute atomic E-state index is 0.0730. The van der Waals surface area contributed by atoms with Crippen molar-refractivity contribution in [3.8, 4) is 5.75 Å². The van der Waals surface area contributed by atoms with Crippen molar-refractivity contribution in [1.82, 2.24) is 10.9 Å². The van der Waals surface area contributed by atoms with E-state index in [0.717, 1.165) is 6.08 Å². The zero-order valence-electron chi connectivity index (χ0n) is 13.1. The van der Waals surface area contributed by atoms with Crippen LogP contribution in [-0.4, -0.2) is 28.3 Å². The first kappa shape index (κ1) is 19.5. The number of phenolic OH excluding ortho intramolecular Hbond substituents is 1. The van der Waals surface area contributed by atoms with Gasteiger partial charge in [0.2, 0.25) is 0 Å². The van der Waals surface area contributed by atoms with Crippen molar-refractivity contribution in [2.75, 3.05) is 0 Å². The van der Waals surface area contributed by atoms with E-state index in [1.165, 1.54) is 42.0 Å². The molecule has 0 aromatic heterocycles.